The zero-order valence-corrected chi connectivity index (χ0v) is 12.3. The quantitative estimate of drug-likeness (QED) is 0.567. The lowest BCUT2D eigenvalue weighted by molar-refractivity contribution is -0.670. The first-order valence-corrected chi connectivity index (χ1v) is 6.89. The number of oxazole rings is 2. The summed E-state index contributed by atoms with van der Waals surface area (Å²) in [5.41, 5.74) is 0.719. The number of fused-ring (bicyclic) bond motifs is 2. The smallest absolute Gasteiger partial charge is 0.416 e. The van der Waals surface area contributed by atoms with Gasteiger partial charge in [-0.2, -0.15) is 23.1 Å². The van der Waals surface area contributed by atoms with E-state index in [1.54, 1.807) is 18.5 Å². The summed E-state index contributed by atoms with van der Waals surface area (Å²) in [4.78, 5) is 8.20. The van der Waals surface area contributed by atoms with Gasteiger partial charge in [-0.1, -0.05) is 0 Å². The van der Waals surface area contributed by atoms with E-state index in [1.165, 1.54) is 6.07 Å². The molecule has 3 heterocycles. The van der Waals surface area contributed by atoms with Gasteiger partial charge >= 0.3 is 18.2 Å². The van der Waals surface area contributed by atoms with Gasteiger partial charge < -0.3 is 8.83 Å². The second-order valence-corrected chi connectivity index (χ2v) is 5.20. The molecule has 24 heavy (non-hydrogen) atoms. The second-order valence-electron chi connectivity index (χ2n) is 5.20. The number of nitrogens with zero attached hydrogens (tertiary/aromatic N) is 3. The third kappa shape index (κ3) is 2.53. The lowest BCUT2D eigenvalue weighted by Crippen LogP contribution is -2.25. The van der Waals surface area contributed by atoms with Crippen molar-refractivity contribution in [2.75, 3.05) is 5.32 Å². The van der Waals surface area contributed by atoms with Crippen LogP contribution in [0.5, 0.6) is 0 Å². The molecule has 0 fully saturated rings. The molecular formula is C15H10F3N4O2+. The third-order valence-corrected chi connectivity index (χ3v) is 3.40. The van der Waals surface area contributed by atoms with Crippen LogP contribution in [-0.4, -0.2) is 9.97 Å². The van der Waals surface area contributed by atoms with Crippen LogP contribution in [0.15, 0.2) is 45.5 Å². The summed E-state index contributed by atoms with van der Waals surface area (Å²) in [6.45, 7) is 0. The Bertz CT molecular complexity index is 1050. The first-order valence-electron chi connectivity index (χ1n) is 6.89. The van der Waals surface area contributed by atoms with Crippen molar-refractivity contribution in [2.45, 2.75) is 6.18 Å². The Balaban J connectivity index is 1.68. The fourth-order valence-electron chi connectivity index (χ4n) is 2.28. The van der Waals surface area contributed by atoms with Crippen LogP contribution in [0.1, 0.15) is 5.56 Å². The molecule has 0 aliphatic rings. The molecule has 1 aromatic carbocycles. The van der Waals surface area contributed by atoms with E-state index < -0.39 is 11.7 Å². The molecular weight excluding hydrogens is 325 g/mol. The Morgan fingerprint density at radius 1 is 1.00 bits per heavy atom. The van der Waals surface area contributed by atoms with E-state index >= 15 is 0 Å². The van der Waals surface area contributed by atoms with Crippen LogP contribution in [0, 0.1) is 0 Å². The summed E-state index contributed by atoms with van der Waals surface area (Å²) in [6, 6.07) is 4.98. The van der Waals surface area contributed by atoms with Crippen LogP contribution in [0.4, 0.5) is 25.2 Å². The van der Waals surface area contributed by atoms with Gasteiger partial charge in [0, 0.05) is 6.07 Å². The number of nitrogens with one attached hydrogen (secondary N) is 1. The molecule has 0 saturated heterocycles. The average Bonchev–Trinajstić information content (AvgIpc) is 3.07. The summed E-state index contributed by atoms with van der Waals surface area (Å²) in [5, 5.41) is 2.71. The van der Waals surface area contributed by atoms with Crippen molar-refractivity contribution >= 4 is 34.2 Å². The highest BCUT2D eigenvalue weighted by atomic mass is 19.4. The number of aryl methyl sites for hydroxylation is 1. The molecule has 6 nitrogen and oxygen atoms in total. The summed E-state index contributed by atoms with van der Waals surface area (Å²) in [7, 11) is 1.85. The second kappa shape index (κ2) is 4.95. The standard InChI is InChI=1S/C15H10F3N4O2/c1-22-5-4-12-10(7-22)20-14(24-12)21-13-19-9-6-8(15(16,17)18)2-3-11(9)23-13/h2-7H,1H3,(H,19,20,21)/q+1. The number of anilines is 2. The Morgan fingerprint density at radius 2 is 1.67 bits per heavy atom. The number of alkyl halides is 3. The molecule has 0 aliphatic carbocycles. The molecule has 3 aromatic heterocycles. The van der Waals surface area contributed by atoms with Crippen LogP contribution in [0.25, 0.3) is 22.2 Å². The molecule has 0 spiro atoms. The lowest BCUT2D eigenvalue weighted by atomic mass is 10.2. The minimum Gasteiger partial charge on any atom is -0.423 e. The molecule has 0 saturated carbocycles. The molecule has 0 bridgehead atoms. The number of rotatable bonds is 2. The summed E-state index contributed by atoms with van der Waals surface area (Å²) < 4.78 is 50.8. The highest BCUT2D eigenvalue weighted by Gasteiger charge is 2.31. The van der Waals surface area contributed by atoms with Crippen LogP contribution in [-0.2, 0) is 13.2 Å². The highest BCUT2D eigenvalue weighted by molar-refractivity contribution is 5.77. The topological polar surface area (TPSA) is 68.0 Å². The third-order valence-electron chi connectivity index (χ3n) is 3.40. The van der Waals surface area contributed by atoms with E-state index in [-0.39, 0.29) is 23.1 Å². The number of pyridine rings is 1. The van der Waals surface area contributed by atoms with Crippen molar-refractivity contribution in [1.29, 1.82) is 0 Å². The maximum Gasteiger partial charge on any atom is 0.416 e. The van der Waals surface area contributed by atoms with Crippen molar-refractivity contribution in [1.82, 2.24) is 9.97 Å². The van der Waals surface area contributed by atoms with Gasteiger partial charge in [0.25, 0.3) is 0 Å². The first kappa shape index (κ1) is 14.5. The molecule has 4 rings (SSSR count). The summed E-state index contributed by atoms with van der Waals surface area (Å²) in [5.74, 6) is 0. The van der Waals surface area contributed by atoms with Crippen LogP contribution in [0.3, 0.4) is 0 Å². The van der Waals surface area contributed by atoms with Crippen LogP contribution in [0.2, 0.25) is 0 Å². The van der Waals surface area contributed by atoms with E-state index in [4.69, 9.17) is 8.83 Å². The van der Waals surface area contributed by atoms with E-state index in [2.05, 4.69) is 15.3 Å². The largest absolute Gasteiger partial charge is 0.423 e. The van der Waals surface area contributed by atoms with Gasteiger partial charge in [0.1, 0.15) is 12.6 Å². The highest BCUT2D eigenvalue weighted by Crippen LogP contribution is 2.32. The first-order chi connectivity index (χ1) is 11.4. The van der Waals surface area contributed by atoms with Crippen molar-refractivity contribution in [2.24, 2.45) is 7.05 Å². The maximum atomic E-state index is 12.7. The average molecular weight is 335 g/mol. The van der Waals surface area contributed by atoms with Gasteiger partial charge in [-0.15, -0.1) is 0 Å². The van der Waals surface area contributed by atoms with E-state index in [0.717, 1.165) is 12.1 Å². The molecule has 0 aliphatic heterocycles. The Labute approximate surface area is 132 Å². The van der Waals surface area contributed by atoms with Crippen molar-refractivity contribution in [3.63, 3.8) is 0 Å². The maximum absolute atomic E-state index is 12.7. The lowest BCUT2D eigenvalue weighted by Gasteiger charge is -2.04. The van der Waals surface area contributed by atoms with Gasteiger partial charge in [0.05, 0.1) is 5.56 Å². The van der Waals surface area contributed by atoms with Crippen molar-refractivity contribution < 1.29 is 26.6 Å². The van der Waals surface area contributed by atoms with Gasteiger partial charge in [0.15, 0.2) is 29.1 Å². The van der Waals surface area contributed by atoms with E-state index in [0.29, 0.717) is 11.1 Å². The normalized spacial score (nSPS) is 12.2. The molecule has 0 amide bonds. The number of hydrogen-bond acceptors (Lipinski definition) is 5. The predicted molar refractivity (Wildman–Crippen MR) is 77.5 cm³/mol. The van der Waals surface area contributed by atoms with E-state index in [9.17, 15) is 13.2 Å². The number of halogens is 3. The Kier molecular flexibility index (Phi) is 2.99. The van der Waals surface area contributed by atoms with Gasteiger partial charge in [-0.3, -0.25) is 5.32 Å². The van der Waals surface area contributed by atoms with Gasteiger partial charge in [-0.05, 0) is 18.2 Å². The van der Waals surface area contributed by atoms with E-state index in [1.807, 2.05) is 11.6 Å². The molecule has 122 valence electrons. The minimum absolute atomic E-state index is 0.000237. The zero-order chi connectivity index (χ0) is 16.9. The van der Waals surface area contributed by atoms with Crippen molar-refractivity contribution in [3.05, 3.63) is 42.2 Å². The Morgan fingerprint density at radius 3 is 2.38 bits per heavy atom. The molecule has 0 unspecified atom stereocenters. The fraction of sp³-hybridized carbons (Fsp3) is 0.133. The molecule has 0 atom stereocenters. The summed E-state index contributed by atoms with van der Waals surface area (Å²) >= 11 is 0. The number of aromatic nitrogens is 3. The van der Waals surface area contributed by atoms with Crippen LogP contribution >= 0.6 is 0 Å². The van der Waals surface area contributed by atoms with Crippen molar-refractivity contribution in [3.8, 4) is 0 Å². The molecule has 9 heteroatoms. The Hall–Kier alpha value is -3.10. The fourth-order valence-corrected chi connectivity index (χ4v) is 2.28. The number of hydrogen-bond donors (Lipinski definition) is 1. The number of benzene rings is 1. The summed E-state index contributed by atoms with van der Waals surface area (Å²) in [6.07, 6.45) is -0.863. The molecule has 1 N–H and O–H groups in total. The monoisotopic (exact) mass is 335 g/mol. The molecule has 0 radical (unpaired) electrons. The minimum atomic E-state index is -4.43. The zero-order valence-electron chi connectivity index (χ0n) is 12.3. The van der Waals surface area contributed by atoms with Gasteiger partial charge in [-0.25, -0.2) is 4.57 Å². The SMILES string of the molecule is C[n+]1ccc2oc(Nc3nc4cc(C(F)(F)F)ccc4o3)nc2c1. The predicted octanol–water partition coefficient (Wildman–Crippen LogP) is 3.56. The van der Waals surface area contributed by atoms with Crippen LogP contribution < -0.4 is 9.88 Å². The molecule has 4 aromatic rings. The van der Waals surface area contributed by atoms with Gasteiger partial charge in [0.2, 0.25) is 0 Å².